The van der Waals surface area contributed by atoms with E-state index in [9.17, 15) is 4.79 Å². The molecule has 2 rings (SSSR count). The van der Waals surface area contributed by atoms with Gasteiger partial charge in [-0.05, 0) is 35.3 Å². The molecule has 0 N–H and O–H groups in total. The molecular formula is C15H17NO3. The van der Waals surface area contributed by atoms with Gasteiger partial charge in [0.05, 0.1) is 7.11 Å². The molecule has 0 spiro atoms. The highest BCUT2D eigenvalue weighted by atomic mass is 16.6. The Morgan fingerprint density at radius 2 is 2.11 bits per heavy atom. The first-order valence-electron chi connectivity index (χ1n) is 6.18. The van der Waals surface area contributed by atoms with E-state index in [0.29, 0.717) is 17.5 Å². The Labute approximate surface area is 112 Å². The van der Waals surface area contributed by atoms with Gasteiger partial charge in [0.25, 0.3) is 0 Å². The summed E-state index contributed by atoms with van der Waals surface area (Å²) in [5.41, 5.74) is 2.34. The minimum Gasteiger partial charge on any atom is -0.496 e. The van der Waals surface area contributed by atoms with Gasteiger partial charge in [0.2, 0.25) is 0 Å². The first-order chi connectivity index (χ1) is 9.01. The van der Waals surface area contributed by atoms with Crippen molar-refractivity contribution >= 4 is 17.9 Å². The Morgan fingerprint density at radius 1 is 1.37 bits per heavy atom. The van der Waals surface area contributed by atoms with Gasteiger partial charge in [-0.25, -0.2) is 9.79 Å². The summed E-state index contributed by atoms with van der Waals surface area (Å²) in [7, 11) is 1.65. The lowest BCUT2D eigenvalue weighted by Gasteiger charge is -2.12. The Morgan fingerprint density at radius 3 is 2.63 bits per heavy atom. The SMILES string of the molecule is COc1ccc(/C=C2/N=C(C)OC2=O)cc1C(C)C. The van der Waals surface area contributed by atoms with Crippen molar-refractivity contribution < 1.29 is 14.3 Å². The van der Waals surface area contributed by atoms with Crippen LogP contribution in [0.4, 0.5) is 0 Å². The molecule has 4 nitrogen and oxygen atoms in total. The predicted molar refractivity (Wildman–Crippen MR) is 74.3 cm³/mol. The zero-order valence-electron chi connectivity index (χ0n) is 11.6. The lowest BCUT2D eigenvalue weighted by molar-refractivity contribution is -0.130. The van der Waals surface area contributed by atoms with Crippen molar-refractivity contribution in [2.75, 3.05) is 7.11 Å². The van der Waals surface area contributed by atoms with Crippen LogP contribution in [-0.2, 0) is 9.53 Å². The van der Waals surface area contributed by atoms with E-state index in [0.717, 1.165) is 16.9 Å². The summed E-state index contributed by atoms with van der Waals surface area (Å²) in [4.78, 5) is 15.6. The van der Waals surface area contributed by atoms with Gasteiger partial charge in [-0.2, -0.15) is 0 Å². The Kier molecular flexibility index (Phi) is 3.69. The number of benzene rings is 1. The number of esters is 1. The average Bonchev–Trinajstić information content (AvgIpc) is 2.67. The Balaban J connectivity index is 2.39. The lowest BCUT2D eigenvalue weighted by atomic mass is 9.99. The van der Waals surface area contributed by atoms with E-state index in [1.165, 1.54) is 0 Å². The van der Waals surface area contributed by atoms with Crippen molar-refractivity contribution in [3.63, 3.8) is 0 Å². The van der Waals surface area contributed by atoms with E-state index in [4.69, 9.17) is 9.47 Å². The van der Waals surface area contributed by atoms with Gasteiger partial charge in [0.15, 0.2) is 11.6 Å². The molecule has 0 saturated carbocycles. The number of nitrogens with zero attached hydrogens (tertiary/aromatic N) is 1. The monoisotopic (exact) mass is 259 g/mol. The second kappa shape index (κ2) is 5.26. The number of carbonyl (C=O) groups excluding carboxylic acids is 1. The number of methoxy groups -OCH3 is 1. The minimum absolute atomic E-state index is 0.331. The molecule has 0 amide bonds. The van der Waals surface area contributed by atoms with Gasteiger partial charge in [0, 0.05) is 6.92 Å². The first kappa shape index (κ1) is 13.3. The molecule has 19 heavy (non-hydrogen) atoms. The largest absolute Gasteiger partial charge is 0.496 e. The second-order valence-electron chi connectivity index (χ2n) is 4.71. The smallest absolute Gasteiger partial charge is 0.363 e. The molecule has 0 saturated heterocycles. The van der Waals surface area contributed by atoms with Crippen LogP contribution in [0.15, 0.2) is 28.9 Å². The number of carbonyl (C=O) groups is 1. The molecular weight excluding hydrogens is 242 g/mol. The molecule has 100 valence electrons. The van der Waals surface area contributed by atoms with Crippen LogP contribution in [0.5, 0.6) is 5.75 Å². The summed E-state index contributed by atoms with van der Waals surface area (Å²) < 4.78 is 10.2. The Hall–Kier alpha value is -2.10. The number of ether oxygens (including phenoxy) is 2. The summed E-state index contributed by atoms with van der Waals surface area (Å²) in [6.07, 6.45) is 1.73. The zero-order valence-corrected chi connectivity index (χ0v) is 11.6. The van der Waals surface area contributed by atoms with Crippen LogP contribution in [0.3, 0.4) is 0 Å². The lowest BCUT2D eigenvalue weighted by Crippen LogP contribution is -2.00. The fourth-order valence-corrected chi connectivity index (χ4v) is 1.97. The van der Waals surface area contributed by atoms with Crippen molar-refractivity contribution in [1.29, 1.82) is 0 Å². The van der Waals surface area contributed by atoms with E-state index >= 15 is 0 Å². The van der Waals surface area contributed by atoms with Gasteiger partial charge in [0.1, 0.15) is 5.75 Å². The molecule has 0 aliphatic carbocycles. The number of hydrogen-bond donors (Lipinski definition) is 0. The van der Waals surface area contributed by atoms with Crippen LogP contribution < -0.4 is 4.74 Å². The molecule has 1 aromatic carbocycles. The summed E-state index contributed by atoms with van der Waals surface area (Å²) >= 11 is 0. The first-order valence-corrected chi connectivity index (χ1v) is 6.18. The van der Waals surface area contributed by atoms with Gasteiger partial charge in [-0.15, -0.1) is 0 Å². The van der Waals surface area contributed by atoms with E-state index in [2.05, 4.69) is 18.8 Å². The van der Waals surface area contributed by atoms with Crippen LogP contribution in [0.2, 0.25) is 0 Å². The normalized spacial score (nSPS) is 16.8. The van der Waals surface area contributed by atoms with Gasteiger partial charge in [-0.3, -0.25) is 0 Å². The average molecular weight is 259 g/mol. The number of hydrogen-bond acceptors (Lipinski definition) is 4. The fraction of sp³-hybridized carbons (Fsp3) is 0.333. The second-order valence-corrected chi connectivity index (χ2v) is 4.71. The molecule has 1 heterocycles. The predicted octanol–water partition coefficient (Wildman–Crippen LogP) is 3.13. The zero-order chi connectivity index (χ0) is 14.0. The molecule has 0 atom stereocenters. The molecule has 0 radical (unpaired) electrons. The van der Waals surface area contributed by atoms with E-state index in [1.807, 2.05) is 18.2 Å². The highest BCUT2D eigenvalue weighted by Gasteiger charge is 2.19. The molecule has 4 heteroatoms. The van der Waals surface area contributed by atoms with E-state index < -0.39 is 5.97 Å². The maximum absolute atomic E-state index is 11.5. The van der Waals surface area contributed by atoms with Crippen LogP contribution in [0, 0.1) is 0 Å². The maximum atomic E-state index is 11.5. The van der Waals surface area contributed by atoms with Gasteiger partial charge >= 0.3 is 5.97 Å². The van der Waals surface area contributed by atoms with Gasteiger partial charge < -0.3 is 9.47 Å². The number of rotatable bonds is 3. The van der Waals surface area contributed by atoms with Crippen LogP contribution in [0.1, 0.15) is 37.8 Å². The van der Waals surface area contributed by atoms with Crippen molar-refractivity contribution in [2.24, 2.45) is 4.99 Å². The topological polar surface area (TPSA) is 47.9 Å². The summed E-state index contributed by atoms with van der Waals surface area (Å²) in [5.74, 6) is 1.17. The fourth-order valence-electron chi connectivity index (χ4n) is 1.97. The third kappa shape index (κ3) is 2.84. The number of cyclic esters (lactones) is 1. The minimum atomic E-state index is -0.403. The molecule has 1 aliphatic heterocycles. The third-order valence-corrected chi connectivity index (χ3v) is 2.91. The van der Waals surface area contributed by atoms with Crippen LogP contribution in [-0.4, -0.2) is 19.0 Å². The van der Waals surface area contributed by atoms with E-state index in [-0.39, 0.29) is 0 Å². The summed E-state index contributed by atoms with van der Waals surface area (Å²) in [5, 5.41) is 0. The highest BCUT2D eigenvalue weighted by molar-refractivity contribution is 6.06. The van der Waals surface area contributed by atoms with Crippen LogP contribution in [0.25, 0.3) is 6.08 Å². The molecule has 0 aromatic heterocycles. The number of aliphatic imine (C=N–C) groups is 1. The third-order valence-electron chi connectivity index (χ3n) is 2.91. The molecule has 0 unspecified atom stereocenters. The van der Waals surface area contributed by atoms with Crippen molar-refractivity contribution in [3.8, 4) is 5.75 Å². The summed E-state index contributed by atoms with van der Waals surface area (Å²) in [6.45, 7) is 5.86. The standard InChI is InChI=1S/C15H17NO3/c1-9(2)12-7-11(5-6-14(12)18-4)8-13-15(17)19-10(3)16-13/h5-9H,1-4H3/b13-8+. The van der Waals surface area contributed by atoms with E-state index in [1.54, 1.807) is 20.1 Å². The van der Waals surface area contributed by atoms with Crippen molar-refractivity contribution in [3.05, 3.63) is 35.0 Å². The summed E-state index contributed by atoms with van der Waals surface area (Å²) in [6, 6.07) is 5.81. The van der Waals surface area contributed by atoms with Crippen molar-refractivity contribution in [2.45, 2.75) is 26.7 Å². The van der Waals surface area contributed by atoms with Crippen molar-refractivity contribution in [1.82, 2.24) is 0 Å². The quantitative estimate of drug-likeness (QED) is 0.619. The maximum Gasteiger partial charge on any atom is 0.363 e. The highest BCUT2D eigenvalue weighted by Crippen LogP contribution is 2.28. The molecule has 0 fully saturated rings. The Bertz CT molecular complexity index is 571. The molecule has 1 aromatic rings. The van der Waals surface area contributed by atoms with Gasteiger partial charge in [-0.1, -0.05) is 19.9 Å². The van der Waals surface area contributed by atoms with Crippen LogP contribution >= 0.6 is 0 Å². The molecule has 0 bridgehead atoms. The molecule has 1 aliphatic rings.